The summed E-state index contributed by atoms with van der Waals surface area (Å²) in [4.78, 5) is 0. The van der Waals surface area contributed by atoms with Gasteiger partial charge in [0.2, 0.25) is 19.3 Å². The van der Waals surface area contributed by atoms with Crippen LogP contribution in [0.1, 0.15) is 37.2 Å². The van der Waals surface area contributed by atoms with Crippen molar-refractivity contribution in [2.75, 3.05) is 20.7 Å². The fourth-order valence-corrected chi connectivity index (χ4v) is 4.13. The van der Waals surface area contributed by atoms with Gasteiger partial charge in [0.15, 0.2) is 23.0 Å². The Morgan fingerprint density at radius 1 is 0.778 bits per heavy atom. The second-order valence-electron chi connectivity index (χ2n) is 7.27. The van der Waals surface area contributed by atoms with E-state index in [0.29, 0.717) is 29.1 Å². The fraction of sp³-hybridized carbons (Fsp3) is 0.429. The molecule has 0 unspecified atom stereocenters. The highest BCUT2D eigenvalue weighted by molar-refractivity contribution is 5.55. The van der Waals surface area contributed by atoms with Gasteiger partial charge in [0.25, 0.3) is 0 Å². The highest BCUT2D eigenvalue weighted by Gasteiger charge is 2.41. The molecule has 5 rings (SSSR count). The van der Waals surface area contributed by atoms with Gasteiger partial charge in [0.05, 0.1) is 19.3 Å². The van der Waals surface area contributed by atoms with Crippen LogP contribution in [-0.2, 0) is 4.74 Å². The van der Waals surface area contributed by atoms with Gasteiger partial charge in [0, 0.05) is 0 Å². The van der Waals surface area contributed by atoms with Gasteiger partial charge in [-0.2, -0.15) is 0 Å². The minimum atomic E-state index is -0.0566. The number of fused-ring (bicyclic) bond motifs is 2. The van der Waals surface area contributed by atoms with Crippen LogP contribution in [0.4, 0.5) is 0 Å². The predicted octanol–water partition coefficient (Wildman–Crippen LogP) is 4.24. The van der Waals surface area contributed by atoms with Crippen molar-refractivity contribution >= 4 is 0 Å². The van der Waals surface area contributed by atoms with Gasteiger partial charge in [-0.15, -0.1) is 0 Å². The molecule has 3 heterocycles. The van der Waals surface area contributed by atoms with Crippen molar-refractivity contribution in [3.63, 3.8) is 0 Å². The van der Waals surface area contributed by atoms with E-state index in [0.717, 1.165) is 22.6 Å². The Morgan fingerprint density at radius 2 is 1.44 bits per heavy atom. The molecule has 3 aliphatic heterocycles. The first-order valence-electron chi connectivity index (χ1n) is 9.18. The van der Waals surface area contributed by atoms with E-state index in [9.17, 15) is 0 Å². The zero-order valence-electron chi connectivity index (χ0n) is 15.6. The summed E-state index contributed by atoms with van der Waals surface area (Å²) >= 11 is 0. The normalized spacial score (nSPS) is 27.8. The van der Waals surface area contributed by atoms with E-state index < -0.39 is 0 Å². The van der Waals surface area contributed by atoms with Gasteiger partial charge in [-0.25, -0.2) is 0 Å². The van der Waals surface area contributed by atoms with Gasteiger partial charge in [0.1, 0.15) is 0 Å². The summed E-state index contributed by atoms with van der Waals surface area (Å²) in [6, 6.07) is 10.0. The molecule has 0 saturated carbocycles. The minimum absolute atomic E-state index is 0.0177. The molecular weight excluding hydrogens is 348 g/mol. The zero-order valence-corrected chi connectivity index (χ0v) is 15.6. The number of hydrogen-bond acceptors (Lipinski definition) is 6. The van der Waals surface area contributed by atoms with Crippen molar-refractivity contribution in [3.05, 3.63) is 41.5 Å². The molecular formula is C21H22O6. The maximum atomic E-state index is 6.53. The largest absolute Gasteiger partial charge is 0.493 e. The average Bonchev–Trinajstić information content (AvgIpc) is 3.40. The third-order valence-electron chi connectivity index (χ3n) is 5.81. The summed E-state index contributed by atoms with van der Waals surface area (Å²) in [5, 5.41) is 0. The highest BCUT2D eigenvalue weighted by atomic mass is 16.7. The standard InChI is InChI=1S/C21H22O6/c1-11-12(2)20(14-7-17(22-3)21-18(8-14)25-10-26-21)27-19(11)13-4-5-15-16(6-13)24-9-23-15/h4-8,11-12,19-20H,9-10H2,1-3H3/t11-,12+,19+,20+/m1/s1. The number of benzene rings is 2. The van der Waals surface area contributed by atoms with E-state index >= 15 is 0 Å². The van der Waals surface area contributed by atoms with Crippen molar-refractivity contribution < 1.29 is 28.4 Å². The number of ether oxygens (including phenoxy) is 6. The lowest BCUT2D eigenvalue weighted by Gasteiger charge is -2.18. The summed E-state index contributed by atoms with van der Waals surface area (Å²) < 4.78 is 34.0. The van der Waals surface area contributed by atoms with Gasteiger partial charge in [-0.1, -0.05) is 19.9 Å². The molecule has 27 heavy (non-hydrogen) atoms. The predicted molar refractivity (Wildman–Crippen MR) is 96.6 cm³/mol. The van der Waals surface area contributed by atoms with Crippen LogP contribution in [0.2, 0.25) is 0 Å². The van der Waals surface area contributed by atoms with Crippen LogP contribution < -0.4 is 23.7 Å². The monoisotopic (exact) mass is 370 g/mol. The number of methoxy groups -OCH3 is 1. The lowest BCUT2D eigenvalue weighted by Crippen LogP contribution is -2.10. The van der Waals surface area contributed by atoms with Crippen molar-refractivity contribution in [2.45, 2.75) is 26.1 Å². The molecule has 4 atom stereocenters. The van der Waals surface area contributed by atoms with Crippen LogP contribution in [0, 0.1) is 11.8 Å². The van der Waals surface area contributed by atoms with Crippen LogP contribution >= 0.6 is 0 Å². The quantitative estimate of drug-likeness (QED) is 0.806. The molecule has 0 spiro atoms. The Morgan fingerprint density at radius 3 is 2.26 bits per heavy atom. The molecule has 0 N–H and O–H groups in total. The van der Waals surface area contributed by atoms with Crippen LogP contribution in [0.5, 0.6) is 28.7 Å². The van der Waals surface area contributed by atoms with Gasteiger partial charge >= 0.3 is 0 Å². The molecule has 2 aromatic carbocycles. The molecule has 1 fully saturated rings. The fourth-order valence-electron chi connectivity index (χ4n) is 4.13. The molecule has 0 bridgehead atoms. The van der Waals surface area contributed by atoms with Crippen LogP contribution in [0.3, 0.4) is 0 Å². The van der Waals surface area contributed by atoms with Crippen molar-refractivity contribution in [1.29, 1.82) is 0 Å². The Hall–Kier alpha value is -2.60. The van der Waals surface area contributed by atoms with E-state index in [1.54, 1.807) is 7.11 Å². The van der Waals surface area contributed by atoms with Crippen LogP contribution in [0.15, 0.2) is 30.3 Å². The molecule has 142 valence electrons. The molecule has 0 amide bonds. The van der Waals surface area contributed by atoms with Crippen molar-refractivity contribution in [1.82, 2.24) is 0 Å². The van der Waals surface area contributed by atoms with Crippen molar-refractivity contribution in [2.24, 2.45) is 11.8 Å². The molecule has 2 aromatic rings. The molecule has 0 radical (unpaired) electrons. The third kappa shape index (κ3) is 2.58. The Labute approximate surface area is 157 Å². The lowest BCUT2D eigenvalue weighted by atomic mass is 9.85. The Bertz CT molecular complexity index is 879. The second-order valence-corrected chi connectivity index (χ2v) is 7.27. The number of rotatable bonds is 3. The second kappa shape index (κ2) is 6.23. The Balaban J connectivity index is 1.47. The summed E-state index contributed by atoms with van der Waals surface area (Å²) in [6.45, 7) is 4.94. The van der Waals surface area contributed by atoms with E-state index in [1.165, 1.54) is 0 Å². The van der Waals surface area contributed by atoms with E-state index in [1.807, 2.05) is 24.3 Å². The zero-order chi connectivity index (χ0) is 18.5. The Kier molecular flexibility index (Phi) is 3.82. The molecule has 0 aromatic heterocycles. The maximum Gasteiger partial charge on any atom is 0.231 e. The summed E-state index contributed by atoms with van der Waals surface area (Å²) in [5.74, 6) is 4.28. The minimum Gasteiger partial charge on any atom is -0.493 e. The van der Waals surface area contributed by atoms with E-state index in [4.69, 9.17) is 28.4 Å². The first kappa shape index (κ1) is 16.6. The third-order valence-corrected chi connectivity index (χ3v) is 5.81. The molecule has 6 nitrogen and oxygen atoms in total. The molecule has 3 aliphatic rings. The van der Waals surface area contributed by atoms with E-state index in [2.05, 4.69) is 19.9 Å². The maximum absolute atomic E-state index is 6.53. The SMILES string of the molecule is COc1cc([C@H]2O[C@H](c3ccc4c(c3)OCO4)[C@H](C)[C@@H]2C)cc2c1OCO2. The van der Waals surface area contributed by atoms with Gasteiger partial charge < -0.3 is 28.4 Å². The van der Waals surface area contributed by atoms with Gasteiger partial charge in [-0.05, 0) is 47.2 Å². The topological polar surface area (TPSA) is 55.4 Å². The van der Waals surface area contributed by atoms with Crippen molar-refractivity contribution in [3.8, 4) is 28.7 Å². The first-order chi connectivity index (χ1) is 13.2. The summed E-state index contributed by atoms with van der Waals surface area (Å²) in [7, 11) is 1.64. The summed E-state index contributed by atoms with van der Waals surface area (Å²) in [6.07, 6.45) is -0.0743. The molecule has 1 saturated heterocycles. The van der Waals surface area contributed by atoms with E-state index in [-0.39, 0.29) is 25.8 Å². The average molecular weight is 370 g/mol. The summed E-state index contributed by atoms with van der Waals surface area (Å²) in [5.41, 5.74) is 2.15. The van der Waals surface area contributed by atoms with Gasteiger partial charge in [-0.3, -0.25) is 0 Å². The van der Waals surface area contributed by atoms with Crippen LogP contribution in [0.25, 0.3) is 0 Å². The lowest BCUT2D eigenvalue weighted by molar-refractivity contribution is 0.0287. The highest BCUT2D eigenvalue weighted by Crippen LogP contribution is 2.52. The molecule has 0 aliphatic carbocycles. The number of hydrogen-bond donors (Lipinski definition) is 0. The first-order valence-corrected chi connectivity index (χ1v) is 9.18. The molecule has 6 heteroatoms. The van der Waals surface area contributed by atoms with Crippen LogP contribution in [-0.4, -0.2) is 20.7 Å². The smallest absolute Gasteiger partial charge is 0.231 e.